The lowest BCUT2D eigenvalue weighted by atomic mass is 10.5. The predicted molar refractivity (Wildman–Crippen MR) is 31.2 cm³/mol. The fourth-order valence-electron chi connectivity index (χ4n) is 0.598. The summed E-state index contributed by atoms with van der Waals surface area (Å²) in [6.07, 6.45) is 3.41. The lowest BCUT2D eigenvalue weighted by molar-refractivity contribution is 0.112. The van der Waals surface area contributed by atoms with E-state index in [2.05, 4.69) is 10.6 Å². The monoisotopic (exact) mass is 114 g/mol. The molecule has 1 aliphatic rings. The maximum absolute atomic E-state index is 8.83. The lowest BCUT2D eigenvalue weighted by Gasteiger charge is -2.07. The number of rotatable bonds is 0. The van der Waals surface area contributed by atoms with Gasteiger partial charge in [0.15, 0.2) is 6.35 Å². The molecule has 0 aromatic rings. The molecule has 0 radical (unpaired) electrons. The van der Waals surface area contributed by atoms with Crippen molar-refractivity contribution < 1.29 is 5.11 Å². The minimum atomic E-state index is -0.537. The second-order valence-electron chi connectivity index (χ2n) is 1.69. The first-order chi connectivity index (χ1) is 3.89. The zero-order valence-electron chi connectivity index (χ0n) is 4.59. The van der Waals surface area contributed by atoms with E-state index in [-0.39, 0.29) is 0 Å². The van der Waals surface area contributed by atoms with Crippen molar-refractivity contribution in [3.63, 3.8) is 0 Å². The van der Waals surface area contributed by atoms with Crippen molar-refractivity contribution in [3.05, 3.63) is 12.2 Å². The van der Waals surface area contributed by atoms with Crippen molar-refractivity contribution in [3.8, 4) is 0 Å². The molecule has 46 valence electrons. The summed E-state index contributed by atoms with van der Waals surface area (Å²) in [5, 5.41) is 14.4. The summed E-state index contributed by atoms with van der Waals surface area (Å²) in [5.74, 6) is 0. The molecule has 0 aliphatic carbocycles. The van der Waals surface area contributed by atoms with Gasteiger partial charge < -0.3 is 5.11 Å². The molecule has 0 saturated heterocycles. The standard InChI is InChI=1S/C5H10N2O/c8-5-6-3-1-2-4-7-5/h1-2,5-8H,3-4H2. The molecule has 0 bridgehead atoms. The van der Waals surface area contributed by atoms with Crippen LogP contribution < -0.4 is 10.6 Å². The fraction of sp³-hybridized carbons (Fsp3) is 0.600. The Morgan fingerprint density at radius 1 is 1.25 bits per heavy atom. The third-order valence-corrected chi connectivity index (χ3v) is 1.02. The summed E-state index contributed by atoms with van der Waals surface area (Å²) < 4.78 is 0. The lowest BCUT2D eigenvalue weighted by Crippen LogP contribution is -2.40. The van der Waals surface area contributed by atoms with Crippen LogP contribution in [0.1, 0.15) is 0 Å². The molecule has 1 aliphatic heterocycles. The Morgan fingerprint density at radius 3 is 2.25 bits per heavy atom. The van der Waals surface area contributed by atoms with Crippen LogP contribution in [0.15, 0.2) is 12.2 Å². The smallest absolute Gasteiger partial charge is 0.160 e. The van der Waals surface area contributed by atoms with Crippen LogP contribution in [0, 0.1) is 0 Å². The highest BCUT2D eigenvalue weighted by atomic mass is 16.3. The fourth-order valence-corrected chi connectivity index (χ4v) is 0.598. The largest absolute Gasteiger partial charge is 0.365 e. The van der Waals surface area contributed by atoms with Crippen molar-refractivity contribution in [1.29, 1.82) is 0 Å². The molecule has 8 heavy (non-hydrogen) atoms. The molecule has 0 aromatic carbocycles. The average molecular weight is 114 g/mol. The summed E-state index contributed by atoms with van der Waals surface area (Å²) in [6.45, 7) is 1.49. The molecule has 3 heteroatoms. The van der Waals surface area contributed by atoms with E-state index in [1.807, 2.05) is 12.2 Å². The Morgan fingerprint density at radius 2 is 1.75 bits per heavy atom. The molecule has 0 amide bonds. The van der Waals surface area contributed by atoms with Gasteiger partial charge >= 0.3 is 0 Å². The molecule has 3 nitrogen and oxygen atoms in total. The Bertz CT molecular complexity index is 82.4. The minimum absolute atomic E-state index is 0.537. The van der Waals surface area contributed by atoms with Crippen molar-refractivity contribution in [2.75, 3.05) is 13.1 Å². The van der Waals surface area contributed by atoms with E-state index in [9.17, 15) is 0 Å². The maximum atomic E-state index is 8.83. The maximum Gasteiger partial charge on any atom is 0.160 e. The van der Waals surface area contributed by atoms with Gasteiger partial charge in [0.05, 0.1) is 0 Å². The second-order valence-corrected chi connectivity index (χ2v) is 1.69. The van der Waals surface area contributed by atoms with Crippen LogP contribution in [0.2, 0.25) is 0 Å². The van der Waals surface area contributed by atoms with Crippen LogP contribution in [0.5, 0.6) is 0 Å². The van der Waals surface area contributed by atoms with Crippen LogP contribution in [0.4, 0.5) is 0 Å². The van der Waals surface area contributed by atoms with Crippen LogP contribution in [0.3, 0.4) is 0 Å². The third-order valence-electron chi connectivity index (χ3n) is 1.02. The van der Waals surface area contributed by atoms with Crippen LogP contribution in [0.25, 0.3) is 0 Å². The Balaban J connectivity index is 2.28. The summed E-state index contributed by atoms with van der Waals surface area (Å²) in [6, 6.07) is 0. The van der Waals surface area contributed by atoms with Crippen molar-refractivity contribution >= 4 is 0 Å². The molecule has 0 unspecified atom stereocenters. The van der Waals surface area contributed by atoms with Gasteiger partial charge in [-0.3, -0.25) is 10.6 Å². The zero-order chi connectivity index (χ0) is 5.82. The average Bonchev–Trinajstić information content (AvgIpc) is 1.94. The van der Waals surface area contributed by atoms with Gasteiger partial charge in [-0.2, -0.15) is 0 Å². The first-order valence-corrected chi connectivity index (χ1v) is 2.69. The summed E-state index contributed by atoms with van der Waals surface area (Å²) in [5.41, 5.74) is 0. The topological polar surface area (TPSA) is 44.3 Å². The van der Waals surface area contributed by atoms with Gasteiger partial charge in [0.25, 0.3) is 0 Å². The van der Waals surface area contributed by atoms with Gasteiger partial charge in [-0.25, -0.2) is 0 Å². The molecule has 0 saturated carbocycles. The highest BCUT2D eigenvalue weighted by Gasteiger charge is 1.98. The van der Waals surface area contributed by atoms with Crippen LogP contribution in [-0.2, 0) is 0 Å². The summed E-state index contributed by atoms with van der Waals surface area (Å²) in [4.78, 5) is 0. The third kappa shape index (κ3) is 1.61. The Kier molecular flexibility index (Phi) is 2.02. The van der Waals surface area contributed by atoms with Gasteiger partial charge in [0.2, 0.25) is 0 Å². The van der Waals surface area contributed by atoms with E-state index >= 15 is 0 Å². The van der Waals surface area contributed by atoms with Gasteiger partial charge in [-0.15, -0.1) is 0 Å². The summed E-state index contributed by atoms with van der Waals surface area (Å²) in [7, 11) is 0. The van der Waals surface area contributed by atoms with E-state index in [0.29, 0.717) is 0 Å². The zero-order valence-corrected chi connectivity index (χ0v) is 4.59. The van der Waals surface area contributed by atoms with E-state index in [0.717, 1.165) is 13.1 Å². The molecule has 0 aromatic heterocycles. The molecule has 0 spiro atoms. The number of hydrogen-bond acceptors (Lipinski definition) is 3. The molecule has 0 fully saturated rings. The molecule has 0 atom stereocenters. The van der Waals surface area contributed by atoms with E-state index < -0.39 is 6.35 Å². The van der Waals surface area contributed by atoms with Gasteiger partial charge in [-0.1, -0.05) is 12.2 Å². The van der Waals surface area contributed by atoms with E-state index in [1.54, 1.807) is 0 Å². The minimum Gasteiger partial charge on any atom is -0.365 e. The Hall–Kier alpha value is -0.380. The van der Waals surface area contributed by atoms with E-state index in [1.165, 1.54) is 0 Å². The van der Waals surface area contributed by atoms with Gasteiger partial charge in [0.1, 0.15) is 0 Å². The van der Waals surface area contributed by atoms with Crippen molar-refractivity contribution in [1.82, 2.24) is 10.6 Å². The highest BCUT2D eigenvalue weighted by molar-refractivity contribution is 4.88. The SMILES string of the molecule is OC1NCC=CCN1. The number of aliphatic hydroxyl groups is 1. The van der Waals surface area contributed by atoms with Crippen molar-refractivity contribution in [2.45, 2.75) is 6.35 Å². The first-order valence-electron chi connectivity index (χ1n) is 2.69. The predicted octanol–water partition coefficient (Wildman–Crippen LogP) is -0.989. The Labute approximate surface area is 48.4 Å². The molecule has 1 heterocycles. The van der Waals surface area contributed by atoms with Gasteiger partial charge in [0, 0.05) is 13.1 Å². The molecule has 3 N–H and O–H groups in total. The molecular formula is C5H10N2O. The van der Waals surface area contributed by atoms with Gasteiger partial charge in [-0.05, 0) is 0 Å². The van der Waals surface area contributed by atoms with Crippen LogP contribution in [-0.4, -0.2) is 24.5 Å². The normalized spacial score (nSPS) is 23.1. The summed E-state index contributed by atoms with van der Waals surface area (Å²) >= 11 is 0. The molecular weight excluding hydrogens is 104 g/mol. The highest BCUT2D eigenvalue weighted by Crippen LogP contribution is 1.78. The van der Waals surface area contributed by atoms with Crippen LogP contribution >= 0.6 is 0 Å². The first kappa shape index (κ1) is 5.75. The quantitative estimate of drug-likeness (QED) is 0.354. The number of aliphatic hydroxyl groups excluding tert-OH is 1. The number of nitrogens with one attached hydrogen (secondary N) is 2. The molecule has 1 rings (SSSR count). The van der Waals surface area contributed by atoms with Crippen molar-refractivity contribution in [2.24, 2.45) is 0 Å². The second kappa shape index (κ2) is 2.81. The number of hydrogen-bond donors (Lipinski definition) is 3. The van der Waals surface area contributed by atoms with E-state index in [4.69, 9.17) is 5.11 Å².